The maximum Gasteiger partial charge on any atom is 0.266 e. The van der Waals surface area contributed by atoms with Gasteiger partial charge in [0.15, 0.2) is 0 Å². The molecule has 4 aliphatic carbocycles. The van der Waals surface area contributed by atoms with Crippen LogP contribution in [0.15, 0.2) is 48.6 Å². The first-order chi connectivity index (χ1) is 10.2. The number of hydrogen-bond donors (Lipinski definition) is 0. The summed E-state index contributed by atoms with van der Waals surface area (Å²) in [5.74, 6) is 4.72. The van der Waals surface area contributed by atoms with E-state index in [1.54, 1.807) is 0 Å². The predicted molar refractivity (Wildman–Crippen MR) is 90.7 cm³/mol. The Labute approximate surface area is 138 Å². The van der Waals surface area contributed by atoms with Crippen LogP contribution in [0.2, 0.25) is 0 Å². The van der Waals surface area contributed by atoms with E-state index in [-0.39, 0.29) is 0 Å². The fourth-order valence-corrected chi connectivity index (χ4v) is 6.98. The van der Waals surface area contributed by atoms with Crippen LogP contribution in [-0.2, 0) is 0 Å². The van der Waals surface area contributed by atoms with E-state index < -0.39 is 6.69 Å². The summed E-state index contributed by atoms with van der Waals surface area (Å²) in [7, 11) is 0. The molecule has 4 rings (SSSR count). The average Bonchev–Trinajstić information content (AvgIpc) is 3.12. The van der Waals surface area contributed by atoms with Crippen LogP contribution in [0, 0.1) is 60.4 Å². The van der Waals surface area contributed by atoms with Gasteiger partial charge in [-0.05, 0) is 25.7 Å². The first kappa shape index (κ1) is 14.4. The molecule has 0 amide bonds. The molecular formula is C18H12Cl2Si. The van der Waals surface area contributed by atoms with Crippen LogP contribution in [-0.4, -0.2) is 6.69 Å². The van der Waals surface area contributed by atoms with Crippen molar-refractivity contribution in [2.24, 2.45) is 0 Å². The van der Waals surface area contributed by atoms with Gasteiger partial charge in [0.05, 0.1) is 0 Å². The van der Waals surface area contributed by atoms with E-state index in [0.29, 0.717) is 0 Å². The molecule has 10 radical (unpaired) electrons. The van der Waals surface area contributed by atoms with Gasteiger partial charge in [0.25, 0.3) is 6.69 Å². The van der Waals surface area contributed by atoms with Crippen LogP contribution in [0.25, 0.3) is 0 Å². The van der Waals surface area contributed by atoms with Gasteiger partial charge in [-0.15, -0.1) is 22.2 Å². The second-order valence-corrected chi connectivity index (χ2v) is 11.5. The van der Waals surface area contributed by atoms with Gasteiger partial charge in [-0.25, -0.2) is 0 Å². The maximum absolute atomic E-state index is 6.93. The normalized spacial score (nSPS) is 28.7. The van der Waals surface area contributed by atoms with Gasteiger partial charge in [0, 0.05) is 34.8 Å². The zero-order valence-corrected chi connectivity index (χ0v) is 13.7. The Bertz CT molecular complexity index is 485. The zero-order valence-electron chi connectivity index (χ0n) is 11.2. The van der Waals surface area contributed by atoms with Crippen molar-refractivity contribution < 1.29 is 0 Å². The third-order valence-corrected chi connectivity index (χ3v) is 8.71. The van der Waals surface area contributed by atoms with Crippen LogP contribution >= 0.6 is 22.2 Å². The highest BCUT2D eigenvalue weighted by molar-refractivity contribution is 7.50. The lowest BCUT2D eigenvalue weighted by Gasteiger charge is -2.35. The summed E-state index contributed by atoms with van der Waals surface area (Å²) in [5.41, 5.74) is 2.16. The minimum Gasteiger partial charge on any atom is -0.145 e. The standard InChI is InChI=1S/C18H12Cl2Si/c19-21(20,17-11-9-13-5-1-3-7-15(13)17)18-12-10-14-6-2-4-8-16(14)18/h1-12H. The molecule has 0 heterocycles. The van der Waals surface area contributed by atoms with E-state index >= 15 is 0 Å². The first-order valence-corrected chi connectivity index (χ1v) is 10.9. The second-order valence-electron chi connectivity index (χ2n) is 5.24. The monoisotopic (exact) mass is 326 g/mol. The fraction of sp³-hybridized carbons (Fsp3) is 0. The van der Waals surface area contributed by atoms with Crippen LogP contribution in [0.5, 0.6) is 0 Å². The Balaban J connectivity index is 1.59. The number of hydrogen-bond acceptors (Lipinski definition) is 0. The van der Waals surface area contributed by atoms with Crippen molar-refractivity contribution in [1.82, 2.24) is 0 Å². The van der Waals surface area contributed by atoms with E-state index in [1.807, 2.05) is 24.3 Å². The largest absolute Gasteiger partial charge is 0.266 e. The fourth-order valence-electron chi connectivity index (χ4n) is 2.99. The summed E-state index contributed by atoms with van der Waals surface area (Å²) >= 11 is 13.9. The summed E-state index contributed by atoms with van der Waals surface area (Å²) in [6, 6.07) is 0. The molecule has 0 saturated heterocycles. The molecule has 3 heteroatoms. The van der Waals surface area contributed by atoms with Gasteiger partial charge < -0.3 is 0 Å². The summed E-state index contributed by atoms with van der Waals surface area (Å²) in [6.45, 7) is -2.74. The molecule has 0 unspecified atom stereocenters. The van der Waals surface area contributed by atoms with Gasteiger partial charge in [-0.2, -0.15) is 0 Å². The molecule has 2 fully saturated rings. The Kier molecular flexibility index (Phi) is 3.72. The number of allylic oxidation sites excluding steroid dienone is 8. The number of halogens is 2. The lowest BCUT2D eigenvalue weighted by molar-refractivity contribution is 1.16. The molecule has 0 N–H and O–H groups in total. The summed E-state index contributed by atoms with van der Waals surface area (Å²) < 4.78 is 0. The second kappa shape index (κ2) is 5.44. The summed E-state index contributed by atoms with van der Waals surface area (Å²) in [5, 5.41) is 0. The maximum atomic E-state index is 6.93. The first-order valence-electron chi connectivity index (χ1n) is 6.85. The van der Waals surface area contributed by atoms with Gasteiger partial charge in [0.2, 0.25) is 0 Å². The lowest BCUT2D eigenvalue weighted by Crippen LogP contribution is -2.41. The smallest absolute Gasteiger partial charge is 0.145 e. The van der Waals surface area contributed by atoms with Gasteiger partial charge in [-0.3, -0.25) is 0 Å². The highest BCUT2D eigenvalue weighted by Crippen LogP contribution is 2.59. The van der Waals surface area contributed by atoms with E-state index in [9.17, 15) is 0 Å². The van der Waals surface area contributed by atoms with Gasteiger partial charge >= 0.3 is 0 Å². The molecule has 0 aliphatic heterocycles. The van der Waals surface area contributed by atoms with Crippen molar-refractivity contribution in [3.05, 3.63) is 109 Å². The van der Waals surface area contributed by atoms with E-state index in [2.05, 4.69) is 50.0 Å². The molecule has 21 heavy (non-hydrogen) atoms. The third kappa shape index (κ3) is 2.33. The number of rotatable bonds is 2. The van der Waals surface area contributed by atoms with Crippen molar-refractivity contribution in [3.63, 3.8) is 0 Å². The highest BCUT2D eigenvalue weighted by Gasteiger charge is 2.58. The van der Waals surface area contributed by atoms with Crippen molar-refractivity contribution in [1.29, 1.82) is 0 Å². The summed E-state index contributed by atoms with van der Waals surface area (Å²) in [4.78, 5) is 0. The Hall–Kier alpha value is -0.243. The van der Waals surface area contributed by atoms with Crippen LogP contribution in [0.4, 0.5) is 0 Å². The molecule has 0 atom stereocenters. The molecule has 0 nitrogen and oxygen atoms in total. The average molecular weight is 327 g/mol. The molecule has 2 saturated carbocycles. The Morgan fingerprint density at radius 3 is 1.48 bits per heavy atom. The summed E-state index contributed by atoms with van der Waals surface area (Å²) in [6.07, 6.45) is 24.9. The quantitative estimate of drug-likeness (QED) is 0.516. The van der Waals surface area contributed by atoms with Crippen molar-refractivity contribution in [2.75, 3.05) is 0 Å². The zero-order chi connectivity index (χ0) is 14.4. The minimum absolute atomic E-state index is 1.08. The van der Waals surface area contributed by atoms with E-state index in [0.717, 1.165) is 11.1 Å². The molecule has 0 aromatic rings. The molecule has 0 aromatic carbocycles. The lowest BCUT2D eigenvalue weighted by atomic mass is 9.91. The van der Waals surface area contributed by atoms with Crippen LogP contribution in [0.3, 0.4) is 0 Å². The van der Waals surface area contributed by atoms with Crippen molar-refractivity contribution in [2.45, 2.75) is 0 Å². The topological polar surface area (TPSA) is 0 Å². The van der Waals surface area contributed by atoms with Gasteiger partial charge in [0.1, 0.15) is 0 Å². The third-order valence-electron chi connectivity index (χ3n) is 4.04. The van der Waals surface area contributed by atoms with Gasteiger partial charge in [-0.1, -0.05) is 48.6 Å². The highest BCUT2D eigenvalue weighted by atomic mass is 35.7. The molecular weight excluding hydrogens is 315 g/mol. The Morgan fingerprint density at radius 2 is 1.00 bits per heavy atom. The molecule has 102 valence electrons. The Morgan fingerprint density at radius 1 is 0.571 bits per heavy atom. The van der Waals surface area contributed by atoms with E-state index in [4.69, 9.17) is 22.2 Å². The van der Waals surface area contributed by atoms with Crippen molar-refractivity contribution >= 4 is 28.9 Å². The SMILES string of the molecule is Cl[Si](Cl)([C]1[CH][CH][C]2C=CC=C[C]21)[C]1[CH][CH][C]2C=CC=C[C]21. The van der Waals surface area contributed by atoms with Crippen LogP contribution < -0.4 is 0 Å². The van der Waals surface area contributed by atoms with E-state index in [1.165, 1.54) is 23.7 Å². The molecule has 4 aliphatic rings. The predicted octanol–water partition coefficient (Wildman–Crippen LogP) is 4.53. The van der Waals surface area contributed by atoms with Crippen LogP contribution in [0.1, 0.15) is 0 Å². The molecule has 0 bridgehead atoms. The molecule has 0 spiro atoms. The van der Waals surface area contributed by atoms with Crippen molar-refractivity contribution in [3.8, 4) is 0 Å². The minimum atomic E-state index is -2.74. The number of fused-ring (bicyclic) bond motifs is 2. The molecule has 0 aromatic heterocycles.